The maximum Gasteiger partial charge on any atom is 0.326 e. The number of pyridine rings is 1. The number of nitrogens with zero attached hydrogens (tertiary/aromatic N) is 3. The minimum atomic E-state index is -0.446. The summed E-state index contributed by atoms with van der Waals surface area (Å²) in [5, 5.41) is 16.0. The standard InChI is InChI=1S/C15H12BrN3O4/c1-22-11-5-3-9(4-6-11)13-15(19(20)21)14-12(23-2)7-10(16)8-18(14)17-13/h3-8H,1-2H3. The van der Waals surface area contributed by atoms with Crippen LogP contribution < -0.4 is 9.47 Å². The van der Waals surface area contributed by atoms with Crippen molar-refractivity contribution >= 4 is 27.1 Å². The minimum absolute atomic E-state index is 0.0977. The van der Waals surface area contributed by atoms with Crippen molar-refractivity contribution in [3.63, 3.8) is 0 Å². The zero-order chi connectivity index (χ0) is 16.6. The Balaban J connectivity index is 2.31. The van der Waals surface area contributed by atoms with Gasteiger partial charge in [0.25, 0.3) is 0 Å². The molecule has 2 aromatic heterocycles. The topological polar surface area (TPSA) is 78.9 Å². The lowest BCUT2D eigenvalue weighted by atomic mass is 10.1. The SMILES string of the molecule is COc1ccc(-c2nn3cc(Br)cc(OC)c3c2[N+](=O)[O-])cc1. The fourth-order valence-electron chi connectivity index (χ4n) is 2.37. The van der Waals surface area contributed by atoms with Gasteiger partial charge in [-0.15, -0.1) is 0 Å². The maximum absolute atomic E-state index is 11.6. The Morgan fingerprint density at radius 1 is 1.22 bits per heavy atom. The molecule has 3 aromatic rings. The van der Waals surface area contributed by atoms with Crippen LogP contribution in [0.1, 0.15) is 0 Å². The fourth-order valence-corrected chi connectivity index (χ4v) is 2.77. The lowest BCUT2D eigenvalue weighted by Gasteiger charge is -2.02. The summed E-state index contributed by atoms with van der Waals surface area (Å²) in [6.07, 6.45) is 1.65. The second-order valence-corrected chi connectivity index (χ2v) is 5.62. The maximum atomic E-state index is 11.6. The molecule has 1 aromatic carbocycles. The molecule has 0 unspecified atom stereocenters. The van der Waals surface area contributed by atoms with Crippen LogP contribution in [0, 0.1) is 10.1 Å². The molecule has 0 fully saturated rings. The van der Waals surface area contributed by atoms with Crippen molar-refractivity contribution in [3.8, 4) is 22.8 Å². The van der Waals surface area contributed by atoms with Crippen LogP contribution in [-0.4, -0.2) is 28.8 Å². The molecule has 0 aliphatic rings. The van der Waals surface area contributed by atoms with Crippen molar-refractivity contribution < 1.29 is 14.4 Å². The van der Waals surface area contributed by atoms with Crippen molar-refractivity contribution in [2.75, 3.05) is 14.2 Å². The van der Waals surface area contributed by atoms with Crippen molar-refractivity contribution in [3.05, 3.63) is 51.1 Å². The number of ether oxygens (including phenoxy) is 2. The number of fused-ring (bicyclic) bond motifs is 1. The second kappa shape index (κ2) is 5.88. The van der Waals surface area contributed by atoms with Gasteiger partial charge < -0.3 is 9.47 Å². The fraction of sp³-hybridized carbons (Fsp3) is 0.133. The van der Waals surface area contributed by atoms with E-state index < -0.39 is 4.92 Å². The van der Waals surface area contributed by atoms with E-state index in [2.05, 4.69) is 21.0 Å². The Bertz CT molecular complexity index is 890. The summed E-state index contributed by atoms with van der Waals surface area (Å²) >= 11 is 3.34. The van der Waals surface area contributed by atoms with Gasteiger partial charge in [-0.25, -0.2) is 4.52 Å². The Kier molecular flexibility index (Phi) is 3.91. The van der Waals surface area contributed by atoms with E-state index in [0.29, 0.717) is 27.1 Å². The second-order valence-electron chi connectivity index (χ2n) is 4.70. The first-order valence-electron chi connectivity index (χ1n) is 6.60. The Morgan fingerprint density at radius 2 is 1.91 bits per heavy atom. The number of rotatable bonds is 4. The Hall–Kier alpha value is -2.61. The monoisotopic (exact) mass is 377 g/mol. The molecule has 0 atom stereocenters. The molecule has 0 amide bonds. The van der Waals surface area contributed by atoms with Crippen molar-refractivity contribution in [1.82, 2.24) is 9.61 Å². The van der Waals surface area contributed by atoms with Crippen LogP contribution in [0.25, 0.3) is 16.8 Å². The normalized spacial score (nSPS) is 10.7. The Morgan fingerprint density at radius 3 is 2.48 bits per heavy atom. The quantitative estimate of drug-likeness (QED) is 0.511. The van der Waals surface area contributed by atoms with Crippen molar-refractivity contribution in [2.45, 2.75) is 0 Å². The summed E-state index contributed by atoms with van der Waals surface area (Å²) in [5.74, 6) is 1.04. The molecule has 0 bridgehead atoms. The predicted octanol–water partition coefficient (Wildman–Crippen LogP) is 3.69. The van der Waals surface area contributed by atoms with Crippen LogP contribution >= 0.6 is 15.9 Å². The van der Waals surface area contributed by atoms with Crippen LogP contribution in [0.3, 0.4) is 0 Å². The highest BCUT2D eigenvalue weighted by Gasteiger charge is 2.27. The van der Waals surface area contributed by atoms with Gasteiger partial charge >= 0.3 is 5.69 Å². The van der Waals surface area contributed by atoms with Gasteiger partial charge in [0.2, 0.25) is 0 Å². The van der Waals surface area contributed by atoms with E-state index in [4.69, 9.17) is 9.47 Å². The average molecular weight is 378 g/mol. The molecule has 0 radical (unpaired) electrons. The van der Waals surface area contributed by atoms with Crippen LogP contribution in [0.5, 0.6) is 11.5 Å². The molecule has 118 valence electrons. The van der Waals surface area contributed by atoms with E-state index >= 15 is 0 Å². The lowest BCUT2D eigenvalue weighted by Crippen LogP contribution is -1.94. The molecule has 0 spiro atoms. The van der Waals surface area contributed by atoms with Crippen molar-refractivity contribution in [1.29, 1.82) is 0 Å². The van der Waals surface area contributed by atoms with Crippen LogP contribution in [-0.2, 0) is 0 Å². The number of aromatic nitrogens is 2. The highest BCUT2D eigenvalue weighted by molar-refractivity contribution is 9.10. The summed E-state index contributed by atoms with van der Waals surface area (Å²) in [4.78, 5) is 11.2. The molecule has 23 heavy (non-hydrogen) atoms. The van der Waals surface area contributed by atoms with Gasteiger partial charge in [-0.3, -0.25) is 10.1 Å². The molecule has 8 heteroatoms. The van der Waals surface area contributed by atoms with E-state index in [1.807, 2.05) is 0 Å². The van der Waals surface area contributed by atoms with Gasteiger partial charge in [0, 0.05) is 16.2 Å². The van der Waals surface area contributed by atoms with E-state index in [-0.39, 0.29) is 11.4 Å². The van der Waals surface area contributed by atoms with Crippen LogP contribution in [0.4, 0.5) is 5.69 Å². The van der Waals surface area contributed by atoms with E-state index in [0.717, 1.165) is 0 Å². The highest BCUT2D eigenvalue weighted by Crippen LogP contribution is 2.39. The minimum Gasteiger partial charge on any atom is -0.497 e. The molecule has 7 nitrogen and oxygen atoms in total. The summed E-state index contributed by atoms with van der Waals surface area (Å²) in [7, 11) is 3.02. The predicted molar refractivity (Wildman–Crippen MR) is 88.1 cm³/mol. The van der Waals surface area contributed by atoms with Crippen molar-refractivity contribution in [2.24, 2.45) is 0 Å². The molecule has 0 aliphatic carbocycles. The van der Waals surface area contributed by atoms with Gasteiger partial charge in [0.1, 0.15) is 5.75 Å². The van der Waals surface area contributed by atoms with Gasteiger partial charge in [-0.2, -0.15) is 5.10 Å². The Labute approximate surface area is 139 Å². The number of nitro groups is 1. The first-order valence-corrected chi connectivity index (χ1v) is 7.39. The first-order chi connectivity index (χ1) is 11.0. The van der Waals surface area contributed by atoms with E-state index in [9.17, 15) is 10.1 Å². The molecule has 0 N–H and O–H groups in total. The first kappa shape index (κ1) is 15.3. The third kappa shape index (κ3) is 2.61. The molecule has 0 aliphatic heterocycles. The van der Waals surface area contributed by atoms with Gasteiger partial charge in [-0.1, -0.05) is 0 Å². The third-order valence-electron chi connectivity index (χ3n) is 3.40. The molecule has 0 saturated heterocycles. The third-order valence-corrected chi connectivity index (χ3v) is 3.83. The molecule has 2 heterocycles. The summed E-state index contributed by atoms with van der Waals surface area (Å²) < 4.78 is 12.5. The summed E-state index contributed by atoms with van der Waals surface area (Å²) in [6.45, 7) is 0. The van der Waals surface area contributed by atoms with Gasteiger partial charge in [-0.05, 0) is 46.3 Å². The molecule has 0 saturated carbocycles. The number of hydrogen-bond donors (Lipinski definition) is 0. The van der Waals surface area contributed by atoms with Gasteiger partial charge in [0.15, 0.2) is 17.0 Å². The summed E-state index contributed by atoms with van der Waals surface area (Å²) in [6, 6.07) is 8.60. The zero-order valence-corrected chi connectivity index (χ0v) is 13.9. The summed E-state index contributed by atoms with van der Waals surface area (Å²) in [5.41, 5.74) is 1.11. The molecule has 3 rings (SSSR count). The lowest BCUT2D eigenvalue weighted by molar-refractivity contribution is -0.382. The number of halogens is 1. The van der Waals surface area contributed by atoms with E-state index in [1.54, 1.807) is 43.6 Å². The number of benzene rings is 1. The van der Waals surface area contributed by atoms with E-state index in [1.165, 1.54) is 11.6 Å². The van der Waals surface area contributed by atoms with Gasteiger partial charge in [0.05, 0.1) is 19.1 Å². The van der Waals surface area contributed by atoms with Crippen LogP contribution in [0.2, 0.25) is 0 Å². The molecular weight excluding hydrogens is 366 g/mol. The largest absolute Gasteiger partial charge is 0.497 e. The average Bonchev–Trinajstić information content (AvgIpc) is 2.93. The van der Waals surface area contributed by atoms with Crippen LogP contribution in [0.15, 0.2) is 41.0 Å². The zero-order valence-electron chi connectivity index (χ0n) is 12.3. The molecular formula is C15H12BrN3O4. The number of methoxy groups -OCH3 is 2. The smallest absolute Gasteiger partial charge is 0.326 e. The highest BCUT2D eigenvalue weighted by atomic mass is 79.9. The number of hydrogen-bond acceptors (Lipinski definition) is 5.